The summed E-state index contributed by atoms with van der Waals surface area (Å²) < 4.78 is 10.9. The Balaban J connectivity index is 1.25. The van der Waals surface area contributed by atoms with Crippen LogP contribution in [0.1, 0.15) is 22.3 Å². The van der Waals surface area contributed by atoms with Crippen LogP contribution in [0.4, 0.5) is 0 Å². The summed E-state index contributed by atoms with van der Waals surface area (Å²) in [4.78, 5) is 23.5. The van der Waals surface area contributed by atoms with Crippen LogP contribution in [-0.2, 0) is 35.3 Å². The molecule has 0 atom stereocenters. The largest absolute Gasteiger partial charge is 0.423 e. The number of hydrogen-bond donors (Lipinski definition) is 0. The van der Waals surface area contributed by atoms with Gasteiger partial charge in [0.05, 0.1) is 0 Å². The molecule has 4 heteroatoms. The van der Waals surface area contributed by atoms with E-state index in [2.05, 4.69) is 49.6 Å². The van der Waals surface area contributed by atoms with E-state index in [-0.39, 0.29) is 0 Å². The first-order valence-electron chi connectivity index (χ1n) is 13.3. The summed E-state index contributed by atoms with van der Waals surface area (Å²) in [5, 5.41) is 4.02. The Morgan fingerprint density at radius 1 is 0.500 bits per heavy atom. The molecule has 5 aromatic rings. The van der Waals surface area contributed by atoms with Crippen LogP contribution < -0.4 is 9.47 Å². The number of fused-ring (bicyclic) bond motifs is 2. The Kier molecular flexibility index (Phi) is 8.17. The lowest BCUT2D eigenvalue weighted by molar-refractivity contribution is -0.129. The highest BCUT2D eigenvalue weighted by atomic mass is 16.5. The molecule has 0 aromatic heterocycles. The molecule has 4 nitrogen and oxygen atoms in total. The third kappa shape index (κ3) is 6.02. The van der Waals surface area contributed by atoms with Crippen LogP contribution in [0.3, 0.4) is 0 Å². The van der Waals surface area contributed by atoms with Crippen molar-refractivity contribution in [3.63, 3.8) is 0 Å². The predicted octanol–water partition coefficient (Wildman–Crippen LogP) is 7.75. The van der Waals surface area contributed by atoms with Crippen LogP contribution in [0.25, 0.3) is 21.5 Å². The number of rotatable bonds is 10. The highest BCUT2D eigenvalue weighted by Crippen LogP contribution is 2.31. The second-order valence-electron chi connectivity index (χ2n) is 9.60. The van der Waals surface area contributed by atoms with Crippen LogP contribution in [-0.4, -0.2) is 11.9 Å². The lowest BCUT2D eigenvalue weighted by Crippen LogP contribution is -2.04. The van der Waals surface area contributed by atoms with Gasteiger partial charge in [0.2, 0.25) is 0 Å². The van der Waals surface area contributed by atoms with Gasteiger partial charge in [0.25, 0.3) is 0 Å². The molecule has 0 bridgehead atoms. The van der Waals surface area contributed by atoms with E-state index in [1.165, 1.54) is 34.4 Å². The quantitative estimate of drug-likeness (QED) is 0.106. The predicted molar refractivity (Wildman–Crippen MR) is 161 cm³/mol. The molecule has 0 amide bonds. The zero-order chi connectivity index (χ0) is 27.9. The number of esters is 2. The van der Waals surface area contributed by atoms with Gasteiger partial charge >= 0.3 is 11.9 Å². The number of benzene rings is 5. The minimum atomic E-state index is -0.461. The van der Waals surface area contributed by atoms with Crippen molar-refractivity contribution in [2.75, 3.05) is 0 Å². The van der Waals surface area contributed by atoms with Crippen molar-refractivity contribution >= 4 is 33.5 Å². The summed E-state index contributed by atoms with van der Waals surface area (Å²) in [6, 6.07) is 32.6. The third-order valence-electron chi connectivity index (χ3n) is 7.09. The summed E-state index contributed by atoms with van der Waals surface area (Å²) in [7, 11) is 0. The zero-order valence-corrected chi connectivity index (χ0v) is 22.3. The topological polar surface area (TPSA) is 52.6 Å². The van der Waals surface area contributed by atoms with E-state index in [0.717, 1.165) is 47.2 Å². The average molecular weight is 527 g/mol. The molecular formula is C36H30O4. The molecule has 0 radical (unpaired) electrons. The molecule has 0 fully saturated rings. The van der Waals surface area contributed by atoms with Gasteiger partial charge in [-0.25, -0.2) is 9.59 Å². The lowest BCUT2D eigenvalue weighted by Gasteiger charge is -2.12. The van der Waals surface area contributed by atoms with Crippen molar-refractivity contribution < 1.29 is 19.1 Å². The molecule has 198 valence electrons. The van der Waals surface area contributed by atoms with Gasteiger partial charge in [0, 0.05) is 22.9 Å². The normalized spacial score (nSPS) is 10.8. The minimum absolute atomic E-state index is 0.461. The van der Waals surface area contributed by atoms with E-state index >= 15 is 0 Å². The SMILES string of the molecule is C=CC(=O)Oc1ccc(CCc2ccc(CCc3ccc(OC(=O)C=C)c4ccccc34)cc2)c2ccccc12. The first-order chi connectivity index (χ1) is 19.6. The van der Waals surface area contributed by atoms with Crippen LogP contribution >= 0.6 is 0 Å². The van der Waals surface area contributed by atoms with Crippen LogP contribution in [0.2, 0.25) is 0 Å². The van der Waals surface area contributed by atoms with Crippen molar-refractivity contribution in [3.8, 4) is 11.5 Å². The minimum Gasteiger partial charge on any atom is -0.423 e. The lowest BCUT2D eigenvalue weighted by atomic mass is 9.96. The first-order valence-corrected chi connectivity index (χ1v) is 13.3. The Hall–Kier alpha value is -4.96. The average Bonchev–Trinajstić information content (AvgIpc) is 3.00. The smallest absolute Gasteiger partial charge is 0.335 e. The first kappa shape index (κ1) is 26.6. The maximum Gasteiger partial charge on any atom is 0.335 e. The highest BCUT2D eigenvalue weighted by Gasteiger charge is 2.11. The fraction of sp³-hybridized carbons (Fsp3) is 0.111. The van der Waals surface area contributed by atoms with Gasteiger partial charge in [0.15, 0.2) is 0 Å². The molecule has 0 saturated heterocycles. The van der Waals surface area contributed by atoms with E-state index in [1.54, 1.807) is 0 Å². The van der Waals surface area contributed by atoms with Gasteiger partial charge in [-0.05, 0) is 70.8 Å². The van der Waals surface area contributed by atoms with E-state index in [9.17, 15) is 9.59 Å². The monoisotopic (exact) mass is 526 g/mol. The molecule has 5 rings (SSSR count). The summed E-state index contributed by atoms with van der Waals surface area (Å²) >= 11 is 0. The second kappa shape index (κ2) is 12.3. The Morgan fingerprint density at radius 2 is 0.875 bits per heavy atom. The summed E-state index contributed by atoms with van der Waals surface area (Å²) in [6.07, 6.45) is 5.92. The third-order valence-corrected chi connectivity index (χ3v) is 7.09. The molecule has 0 saturated carbocycles. The standard InChI is InChI=1S/C36H30O4/c1-3-35(37)39-33-23-21-27(29-9-5-7-11-31(29)33)19-17-25-13-15-26(16-14-25)18-20-28-22-24-34(40-36(38)4-2)32-12-8-6-10-30(28)32/h3-16,21-24H,1-2,17-20H2. The maximum atomic E-state index is 11.7. The molecule has 0 N–H and O–H groups in total. The van der Waals surface area contributed by atoms with E-state index in [0.29, 0.717) is 11.5 Å². The van der Waals surface area contributed by atoms with Crippen molar-refractivity contribution in [2.45, 2.75) is 25.7 Å². The number of aryl methyl sites for hydroxylation is 4. The number of carbonyl (C=O) groups is 2. The summed E-state index contributed by atoms with van der Waals surface area (Å²) in [6.45, 7) is 6.97. The van der Waals surface area contributed by atoms with Crippen LogP contribution in [0.15, 0.2) is 122 Å². The molecule has 5 aromatic carbocycles. The van der Waals surface area contributed by atoms with Crippen LogP contribution in [0, 0.1) is 0 Å². The molecule has 0 unspecified atom stereocenters. The molecule has 0 aliphatic rings. The Morgan fingerprint density at radius 3 is 1.25 bits per heavy atom. The van der Waals surface area contributed by atoms with Gasteiger partial charge < -0.3 is 9.47 Å². The van der Waals surface area contributed by atoms with Crippen molar-refractivity contribution in [3.05, 3.63) is 145 Å². The molecular weight excluding hydrogens is 496 g/mol. The molecule has 0 aliphatic carbocycles. The summed E-state index contributed by atoms with van der Waals surface area (Å²) in [5.74, 6) is 0.178. The van der Waals surface area contributed by atoms with E-state index < -0.39 is 11.9 Å². The zero-order valence-electron chi connectivity index (χ0n) is 22.3. The van der Waals surface area contributed by atoms with Gasteiger partial charge in [-0.3, -0.25) is 0 Å². The van der Waals surface area contributed by atoms with Gasteiger partial charge in [0.1, 0.15) is 11.5 Å². The summed E-state index contributed by atoms with van der Waals surface area (Å²) in [5.41, 5.74) is 4.97. The Bertz CT molecular complexity index is 1580. The van der Waals surface area contributed by atoms with Crippen molar-refractivity contribution in [1.82, 2.24) is 0 Å². The van der Waals surface area contributed by atoms with E-state index in [1.807, 2.05) is 60.7 Å². The van der Waals surface area contributed by atoms with E-state index in [4.69, 9.17) is 9.47 Å². The Labute approximate surface area is 234 Å². The van der Waals surface area contributed by atoms with Crippen LogP contribution in [0.5, 0.6) is 11.5 Å². The van der Waals surface area contributed by atoms with Gasteiger partial charge in [-0.2, -0.15) is 0 Å². The molecule has 0 heterocycles. The maximum absolute atomic E-state index is 11.7. The molecule has 0 aliphatic heterocycles. The number of carbonyl (C=O) groups excluding carboxylic acids is 2. The van der Waals surface area contributed by atoms with Crippen molar-refractivity contribution in [1.29, 1.82) is 0 Å². The fourth-order valence-corrected chi connectivity index (χ4v) is 5.01. The highest BCUT2D eigenvalue weighted by molar-refractivity contribution is 5.95. The second-order valence-corrected chi connectivity index (χ2v) is 9.60. The molecule has 40 heavy (non-hydrogen) atoms. The molecule has 0 spiro atoms. The fourth-order valence-electron chi connectivity index (χ4n) is 5.01. The number of hydrogen-bond acceptors (Lipinski definition) is 4. The van der Waals surface area contributed by atoms with Crippen molar-refractivity contribution in [2.24, 2.45) is 0 Å². The van der Waals surface area contributed by atoms with Gasteiger partial charge in [-0.15, -0.1) is 0 Å². The number of ether oxygens (including phenoxy) is 2. The van der Waals surface area contributed by atoms with Gasteiger partial charge in [-0.1, -0.05) is 98.1 Å².